The molecule has 0 unspecified atom stereocenters. The predicted octanol–water partition coefficient (Wildman–Crippen LogP) is 3.95. The van der Waals surface area contributed by atoms with Crippen molar-refractivity contribution in [3.63, 3.8) is 0 Å². The van der Waals surface area contributed by atoms with Crippen molar-refractivity contribution in [3.8, 4) is 5.95 Å². The van der Waals surface area contributed by atoms with E-state index in [0.29, 0.717) is 31.4 Å². The molecule has 2 aliphatic carbocycles. The number of ether oxygens (including phenoxy) is 1. The van der Waals surface area contributed by atoms with Gasteiger partial charge in [0.1, 0.15) is 22.7 Å². The van der Waals surface area contributed by atoms with Crippen LogP contribution in [0.15, 0.2) is 33.5 Å². The van der Waals surface area contributed by atoms with Crippen molar-refractivity contribution in [2.45, 2.75) is 77.6 Å². The van der Waals surface area contributed by atoms with Gasteiger partial charge in [-0.15, -0.1) is 0 Å². The molecule has 3 aliphatic rings. The summed E-state index contributed by atoms with van der Waals surface area (Å²) in [4.78, 5) is 25.7. The van der Waals surface area contributed by atoms with Gasteiger partial charge in [-0.25, -0.2) is 0 Å². The zero-order valence-corrected chi connectivity index (χ0v) is 18.9. The molecule has 31 heavy (non-hydrogen) atoms. The lowest BCUT2D eigenvalue weighted by Crippen LogP contribution is -2.73. The lowest BCUT2D eigenvalue weighted by molar-refractivity contribution is -0.275. The number of Topliss-reactive ketones (excluding diaryl/α,β-unsaturated/α-hetero) is 1. The van der Waals surface area contributed by atoms with E-state index < -0.39 is 34.1 Å². The number of rotatable bonds is 2. The first-order valence-corrected chi connectivity index (χ1v) is 11.0. The number of carbonyl (C=O) groups excluding carboxylic acids is 1. The average Bonchev–Trinajstić information content (AvgIpc) is 2.68. The summed E-state index contributed by atoms with van der Waals surface area (Å²) in [6.45, 7) is 9.30. The third-order valence-electron chi connectivity index (χ3n) is 8.35. The summed E-state index contributed by atoms with van der Waals surface area (Å²) in [6.07, 6.45) is 7.49. The lowest BCUT2D eigenvalue weighted by Gasteiger charge is -2.66. The number of allylic oxidation sites excluding steroid dienone is 3. The molecule has 2 saturated carbocycles. The second-order valence-corrected chi connectivity index (χ2v) is 10.3. The summed E-state index contributed by atoms with van der Waals surface area (Å²) in [7, 11) is 0. The fourth-order valence-electron chi connectivity index (χ4n) is 6.47. The van der Waals surface area contributed by atoms with Gasteiger partial charge >= 0.3 is 0 Å². The first-order chi connectivity index (χ1) is 14.4. The molecular weight excluding hydrogens is 396 g/mol. The van der Waals surface area contributed by atoms with Crippen molar-refractivity contribution in [1.82, 2.24) is 0 Å². The van der Waals surface area contributed by atoms with Crippen molar-refractivity contribution >= 4 is 11.9 Å². The molecule has 6 heteroatoms. The third kappa shape index (κ3) is 2.84. The molecule has 0 bridgehead atoms. The maximum atomic E-state index is 13.0. The summed E-state index contributed by atoms with van der Waals surface area (Å²) < 4.78 is 12.1. The van der Waals surface area contributed by atoms with Crippen LogP contribution < -0.4 is 10.2 Å². The standard InChI is InChI=1S/C25H32O6/c1-6-7-8-9-15-14-16(26)18-19(28)20-23(4)11-10-17(27)22(2,3)25(23,29)13-12-24(20,5)31-21(18)30-15/h6-9,14,19-20,28-29H,10-13H2,1-5H3/t19-,20+,23+,24+,25+/m0/s1. The Bertz CT molecular complexity index is 1030. The average molecular weight is 429 g/mol. The van der Waals surface area contributed by atoms with Crippen LogP contribution in [0.3, 0.4) is 0 Å². The molecule has 0 spiro atoms. The highest BCUT2D eigenvalue weighted by atomic mass is 16.6. The molecule has 5 atom stereocenters. The summed E-state index contributed by atoms with van der Waals surface area (Å²) in [5.74, 6) is -0.149. The number of ketones is 1. The van der Waals surface area contributed by atoms with Crippen LogP contribution in [-0.2, 0) is 4.79 Å². The SMILES string of the molecule is CC=CC=Cc1cc(=O)c2c(o1)O[C@]1(C)CC[C@@]3(O)C(C)(C)C(=O)CC[C@]3(C)[C@H]1[C@H]2O. The Morgan fingerprint density at radius 2 is 1.81 bits per heavy atom. The molecule has 1 aliphatic heterocycles. The van der Waals surface area contributed by atoms with Crippen molar-refractivity contribution in [1.29, 1.82) is 0 Å². The first-order valence-electron chi connectivity index (χ1n) is 11.0. The predicted molar refractivity (Wildman–Crippen MR) is 117 cm³/mol. The summed E-state index contributed by atoms with van der Waals surface area (Å²) in [5.41, 5.74) is -4.19. The molecule has 168 valence electrons. The van der Waals surface area contributed by atoms with Crippen molar-refractivity contribution in [2.75, 3.05) is 0 Å². The number of carbonyl (C=O) groups is 1. The van der Waals surface area contributed by atoms with Crippen LogP contribution in [0, 0.1) is 16.7 Å². The van der Waals surface area contributed by atoms with Crippen LogP contribution in [0.5, 0.6) is 5.95 Å². The van der Waals surface area contributed by atoms with Gasteiger partial charge in [0.05, 0.1) is 17.1 Å². The molecule has 2 N–H and O–H groups in total. The van der Waals surface area contributed by atoms with Crippen molar-refractivity contribution in [3.05, 3.63) is 45.8 Å². The molecule has 0 aromatic carbocycles. The van der Waals surface area contributed by atoms with Crippen LogP contribution in [0.4, 0.5) is 0 Å². The number of aliphatic hydroxyl groups excluding tert-OH is 1. The van der Waals surface area contributed by atoms with Gasteiger partial charge in [-0.3, -0.25) is 9.59 Å². The Kier molecular flexibility index (Phi) is 4.91. The van der Waals surface area contributed by atoms with Crippen molar-refractivity contribution in [2.24, 2.45) is 16.7 Å². The molecular formula is C25H32O6. The van der Waals surface area contributed by atoms with Gasteiger partial charge < -0.3 is 19.4 Å². The smallest absolute Gasteiger partial charge is 0.295 e. The number of hydrogen-bond acceptors (Lipinski definition) is 6. The minimum absolute atomic E-state index is 0.0276. The highest BCUT2D eigenvalue weighted by Gasteiger charge is 2.72. The molecule has 0 radical (unpaired) electrons. The fourth-order valence-corrected chi connectivity index (χ4v) is 6.47. The monoisotopic (exact) mass is 428 g/mol. The second kappa shape index (κ2) is 6.91. The highest BCUT2D eigenvalue weighted by Crippen LogP contribution is 2.67. The van der Waals surface area contributed by atoms with Gasteiger partial charge in [0.2, 0.25) is 0 Å². The zero-order valence-electron chi connectivity index (χ0n) is 18.9. The molecule has 1 aromatic heterocycles. The van der Waals surface area contributed by atoms with Gasteiger partial charge in [-0.1, -0.05) is 39.0 Å². The Labute approximate surface area is 182 Å². The normalized spacial score (nSPS) is 39.1. The summed E-state index contributed by atoms with van der Waals surface area (Å²) >= 11 is 0. The van der Waals surface area contributed by atoms with Crippen LogP contribution in [0.2, 0.25) is 0 Å². The minimum Gasteiger partial charge on any atom is -0.458 e. The molecule has 6 nitrogen and oxygen atoms in total. The van der Waals surface area contributed by atoms with Gasteiger partial charge in [-0.2, -0.15) is 0 Å². The van der Waals surface area contributed by atoms with E-state index in [9.17, 15) is 19.8 Å². The van der Waals surface area contributed by atoms with E-state index in [1.165, 1.54) is 6.07 Å². The van der Waals surface area contributed by atoms with Crippen molar-refractivity contribution < 1.29 is 24.2 Å². The van der Waals surface area contributed by atoms with E-state index in [2.05, 4.69) is 0 Å². The first kappa shape index (κ1) is 22.0. The van der Waals surface area contributed by atoms with E-state index in [1.807, 2.05) is 32.9 Å². The lowest BCUT2D eigenvalue weighted by atomic mass is 9.41. The fraction of sp³-hybridized carbons (Fsp3) is 0.600. The van der Waals surface area contributed by atoms with E-state index in [0.717, 1.165) is 0 Å². The van der Waals surface area contributed by atoms with E-state index >= 15 is 0 Å². The van der Waals surface area contributed by atoms with Crippen LogP contribution in [0.1, 0.15) is 77.7 Å². The topological polar surface area (TPSA) is 97.0 Å². The van der Waals surface area contributed by atoms with Crippen LogP contribution in [0.25, 0.3) is 6.08 Å². The van der Waals surface area contributed by atoms with Gasteiger partial charge in [-0.05, 0) is 39.2 Å². The number of fused-ring (bicyclic) bond motifs is 4. The number of aliphatic hydroxyl groups is 2. The Balaban J connectivity index is 1.84. The summed E-state index contributed by atoms with van der Waals surface area (Å²) in [6, 6.07) is 1.35. The van der Waals surface area contributed by atoms with Gasteiger partial charge in [0.25, 0.3) is 5.95 Å². The van der Waals surface area contributed by atoms with E-state index in [1.54, 1.807) is 26.0 Å². The maximum absolute atomic E-state index is 13.0. The Hall–Kier alpha value is -2.18. The van der Waals surface area contributed by atoms with E-state index in [-0.39, 0.29) is 22.7 Å². The molecule has 2 fully saturated rings. The minimum atomic E-state index is -1.31. The number of hydrogen-bond donors (Lipinski definition) is 2. The Morgan fingerprint density at radius 3 is 2.48 bits per heavy atom. The van der Waals surface area contributed by atoms with Gasteiger partial charge in [0.15, 0.2) is 5.43 Å². The van der Waals surface area contributed by atoms with E-state index in [4.69, 9.17) is 9.15 Å². The van der Waals surface area contributed by atoms with Gasteiger partial charge in [0, 0.05) is 23.8 Å². The largest absolute Gasteiger partial charge is 0.458 e. The Morgan fingerprint density at radius 1 is 1.10 bits per heavy atom. The zero-order chi connectivity index (χ0) is 22.8. The quantitative estimate of drug-likeness (QED) is 0.693. The maximum Gasteiger partial charge on any atom is 0.295 e. The van der Waals surface area contributed by atoms with Crippen LogP contribution in [-0.4, -0.2) is 27.2 Å². The molecule has 2 heterocycles. The molecule has 4 rings (SSSR count). The molecule has 0 amide bonds. The molecule has 0 saturated heterocycles. The summed E-state index contributed by atoms with van der Waals surface area (Å²) in [5, 5.41) is 23.4. The third-order valence-corrected chi connectivity index (χ3v) is 8.35. The van der Waals surface area contributed by atoms with Crippen LogP contribution >= 0.6 is 0 Å². The second-order valence-electron chi connectivity index (χ2n) is 10.3. The highest BCUT2D eigenvalue weighted by molar-refractivity contribution is 5.87. The molecule has 1 aromatic rings.